The zero-order valence-electron chi connectivity index (χ0n) is 10.8. The van der Waals surface area contributed by atoms with Crippen LogP contribution >= 0.6 is 0 Å². The van der Waals surface area contributed by atoms with Crippen molar-refractivity contribution in [3.63, 3.8) is 0 Å². The Bertz CT molecular complexity index is 477. The van der Waals surface area contributed by atoms with E-state index in [9.17, 15) is 4.79 Å². The average Bonchev–Trinajstić information content (AvgIpc) is 2.66. The number of carbonyl (C=O) groups is 1. The molecule has 0 amide bonds. The first kappa shape index (κ1) is 19.0. The molecule has 0 fully saturated rings. The van der Waals surface area contributed by atoms with Crippen LogP contribution in [0.2, 0.25) is 25.7 Å². The van der Waals surface area contributed by atoms with Crippen LogP contribution < -0.4 is 0 Å². The van der Waals surface area contributed by atoms with Gasteiger partial charge in [-0.15, -0.1) is 0 Å². The molecule has 0 aliphatic rings. The van der Waals surface area contributed by atoms with Gasteiger partial charge >= 0.3 is 57.4 Å². The molecule has 0 aliphatic heterocycles. The van der Waals surface area contributed by atoms with Gasteiger partial charge in [0.25, 0.3) is 0 Å². The van der Waals surface area contributed by atoms with Crippen molar-refractivity contribution >= 4 is 65.4 Å². The van der Waals surface area contributed by atoms with Gasteiger partial charge in [-0.1, -0.05) is 19.6 Å². The molecular formula is C11H18KN3O3Si. The van der Waals surface area contributed by atoms with Gasteiger partial charge < -0.3 is 9.84 Å². The van der Waals surface area contributed by atoms with Gasteiger partial charge in [-0.25, -0.2) is 9.78 Å². The third kappa shape index (κ3) is 6.31. The summed E-state index contributed by atoms with van der Waals surface area (Å²) in [6.07, 6.45) is 1.24. The van der Waals surface area contributed by atoms with Gasteiger partial charge in [-0.3, -0.25) is 4.57 Å². The topological polar surface area (TPSA) is 88.1 Å². The van der Waals surface area contributed by atoms with Crippen molar-refractivity contribution in [2.75, 3.05) is 6.61 Å². The summed E-state index contributed by atoms with van der Waals surface area (Å²) < 4.78 is 6.70. The zero-order valence-corrected chi connectivity index (χ0v) is 11.8. The third-order valence-electron chi connectivity index (χ3n) is 2.38. The number of aromatic carboxylic acids is 1. The normalized spacial score (nSPS) is 10.6. The Balaban J connectivity index is 0.00000324. The van der Waals surface area contributed by atoms with E-state index in [1.54, 1.807) is 0 Å². The van der Waals surface area contributed by atoms with Gasteiger partial charge in [-0.05, 0) is 6.04 Å². The first-order valence-electron chi connectivity index (χ1n) is 5.62. The molecule has 0 saturated heterocycles. The van der Waals surface area contributed by atoms with Crippen LogP contribution in [0.25, 0.3) is 0 Å². The monoisotopic (exact) mass is 307 g/mol. The van der Waals surface area contributed by atoms with Crippen molar-refractivity contribution in [2.45, 2.75) is 32.4 Å². The summed E-state index contributed by atoms with van der Waals surface area (Å²) in [6.45, 7) is 7.32. The second-order valence-corrected chi connectivity index (χ2v) is 10.8. The summed E-state index contributed by atoms with van der Waals surface area (Å²) in [5, 5.41) is 17.8. The Morgan fingerprint density at radius 2 is 2.21 bits per heavy atom. The molecule has 1 N–H and O–H groups in total. The minimum atomic E-state index is -1.17. The van der Waals surface area contributed by atoms with Crippen LogP contribution in [-0.2, 0) is 11.5 Å². The molecule has 1 aromatic heterocycles. The molecule has 0 radical (unpaired) electrons. The quantitative estimate of drug-likeness (QED) is 0.628. The predicted octanol–water partition coefficient (Wildman–Crippen LogP) is 1.12. The van der Waals surface area contributed by atoms with Gasteiger partial charge in [-0.2, -0.15) is 5.26 Å². The second kappa shape index (κ2) is 8.31. The van der Waals surface area contributed by atoms with E-state index in [4.69, 9.17) is 15.1 Å². The van der Waals surface area contributed by atoms with Crippen LogP contribution in [0, 0.1) is 11.3 Å². The fourth-order valence-electron chi connectivity index (χ4n) is 1.30. The first-order chi connectivity index (χ1) is 8.35. The van der Waals surface area contributed by atoms with Crippen molar-refractivity contribution in [1.82, 2.24) is 9.55 Å². The summed E-state index contributed by atoms with van der Waals surface area (Å²) in [7, 11) is -1.17. The van der Waals surface area contributed by atoms with E-state index in [-0.39, 0.29) is 69.6 Å². The Morgan fingerprint density at radius 3 is 2.68 bits per heavy atom. The maximum absolute atomic E-state index is 10.9. The van der Waals surface area contributed by atoms with Crippen LogP contribution in [-0.4, -0.2) is 86.7 Å². The second-order valence-electron chi connectivity index (χ2n) is 5.16. The molecule has 0 unspecified atom stereocenters. The standard InChI is InChI=1S/C11H17N3O3Si.K.H/c1-18(2,3)5-4-17-8-14-9(6-12)7-13-10(14)11(15)16;;/h7H,4-5,8H2,1-3H3,(H,15,16);;. The number of nitrogens with zero attached hydrogens (tertiary/aromatic N) is 3. The predicted molar refractivity (Wildman–Crippen MR) is 75.2 cm³/mol. The minimum absolute atomic E-state index is 0. The molecule has 0 aromatic carbocycles. The van der Waals surface area contributed by atoms with Crippen molar-refractivity contribution in [2.24, 2.45) is 0 Å². The molecule has 19 heavy (non-hydrogen) atoms. The SMILES string of the molecule is C[Si](C)(C)CCOCn1c(C#N)cnc1C(=O)O.[KH]. The number of rotatable bonds is 6. The summed E-state index contributed by atoms with van der Waals surface area (Å²) >= 11 is 0. The molecule has 0 spiro atoms. The maximum atomic E-state index is 10.9. The third-order valence-corrected chi connectivity index (χ3v) is 4.08. The van der Waals surface area contributed by atoms with E-state index in [0.717, 1.165) is 6.04 Å². The molecule has 0 saturated carbocycles. The van der Waals surface area contributed by atoms with Gasteiger partial charge in [0.2, 0.25) is 5.82 Å². The Kier molecular flexibility index (Phi) is 8.30. The zero-order chi connectivity index (χ0) is 13.8. The Morgan fingerprint density at radius 1 is 1.58 bits per heavy atom. The van der Waals surface area contributed by atoms with Crippen LogP contribution in [0.3, 0.4) is 0 Å². The van der Waals surface area contributed by atoms with Gasteiger partial charge in [0.15, 0.2) is 0 Å². The van der Waals surface area contributed by atoms with E-state index < -0.39 is 14.0 Å². The molecule has 0 atom stereocenters. The Hall–Kier alpha value is -0.0168. The van der Waals surface area contributed by atoms with Crippen LogP contribution in [0.5, 0.6) is 0 Å². The average molecular weight is 307 g/mol. The van der Waals surface area contributed by atoms with Crippen molar-refractivity contribution in [3.05, 3.63) is 17.7 Å². The van der Waals surface area contributed by atoms with Gasteiger partial charge in [0.05, 0.1) is 6.20 Å². The number of aromatic nitrogens is 2. The fraction of sp³-hybridized carbons (Fsp3) is 0.545. The first-order valence-corrected chi connectivity index (χ1v) is 9.32. The molecule has 0 aliphatic carbocycles. The van der Waals surface area contributed by atoms with Gasteiger partial charge in [0, 0.05) is 14.7 Å². The molecule has 100 valence electrons. The van der Waals surface area contributed by atoms with Crippen LogP contribution in [0.15, 0.2) is 6.20 Å². The van der Waals surface area contributed by atoms with Crippen molar-refractivity contribution < 1.29 is 14.6 Å². The number of hydrogen-bond donors (Lipinski definition) is 1. The number of carboxylic acid groups (broad SMARTS) is 1. The molecule has 0 bridgehead atoms. The fourth-order valence-corrected chi connectivity index (χ4v) is 2.06. The van der Waals surface area contributed by atoms with E-state index >= 15 is 0 Å². The number of ether oxygens (including phenoxy) is 1. The number of nitriles is 1. The van der Waals surface area contributed by atoms with Crippen molar-refractivity contribution in [1.29, 1.82) is 5.26 Å². The summed E-state index contributed by atoms with van der Waals surface area (Å²) in [5.41, 5.74) is 0.195. The van der Waals surface area contributed by atoms with E-state index in [2.05, 4.69) is 24.6 Å². The summed E-state index contributed by atoms with van der Waals surface area (Å²) in [4.78, 5) is 14.6. The molecule has 6 nitrogen and oxygen atoms in total. The Labute approximate surface area is 156 Å². The molecule has 8 heteroatoms. The molecule has 1 rings (SSSR count). The number of imidazole rings is 1. The number of hydrogen-bond acceptors (Lipinski definition) is 4. The molecular weight excluding hydrogens is 289 g/mol. The summed E-state index contributed by atoms with van der Waals surface area (Å²) in [6, 6.07) is 2.89. The van der Waals surface area contributed by atoms with E-state index in [0.29, 0.717) is 6.61 Å². The van der Waals surface area contributed by atoms with E-state index in [1.165, 1.54) is 10.8 Å². The van der Waals surface area contributed by atoms with Crippen LogP contribution in [0.1, 0.15) is 16.3 Å². The molecule has 1 aromatic rings. The van der Waals surface area contributed by atoms with E-state index in [1.807, 2.05) is 6.07 Å². The van der Waals surface area contributed by atoms with Gasteiger partial charge in [0.1, 0.15) is 18.5 Å². The number of carboxylic acids is 1. The van der Waals surface area contributed by atoms with Crippen molar-refractivity contribution in [3.8, 4) is 6.07 Å². The molecule has 1 heterocycles. The summed E-state index contributed by atoms with van der Waals surface area (Å²) in [5.74, 6) is -1.33. The van der Waals surface area contributed by atoms with Crippen LogP contribution in [0.4, 0.5) is 0 Å².